The van der Waals surface area contributed by atoms with E-state index in [1.807, 2.05) is 30.5 Å². The lowest BCUT2D eigenvalue weighted by Gasteiger charge is -2.36. The maximum Gasteiger partial charge on any atom is 0.251 e. The molecule has 0 bridgehead atoms. The molecule has 1 unspecified atom stereocenters. The van der Waals surface area contributed by atoms with E-state index in [-0.39, 0.29) is 11.8 Å². The van der Waals surface area contributed by atoms with Crippen LogP contribution in [0.15, 0.2) is 60.7 Å². The van der Waals surface area contributed by atoms with Crippen LogP contribution in [0.1, 0.15) is 16.8 Å². The van der Waals surface area contributed by atoms with Gasteiger partial charge in [-0.1, -0.05) is 36.4 Å². The first-order valence-electron chi connectivity index (χ1n) is 10.8. The van der Waals surface area contributed by atoms with Crippen LogP contribution in [-0.4, -0.2) is 74.0 Å². The van der Waals surface area contributed by atoms with E-state index < -0.39 is 6.04 Å². The molecule has 1 aliphatic rings. The molecular formula is C24H32N4O2S. The zero-order chi connectivity index (χ0) is 21.9. The second kappa shape index (κ2) is 12.4. The average Bonchev–Trinajstić information content (AvgIpc) is 2.83. The van der Waals surface area contributed by atoms with E-state index in [1.165, 1.54) is 5.69 Å². The van der Waals surface area contributed by atoms with Crippen LogP contribution in [-0.2, 0) is 4.79 Å². The molecule has 2 aromatic rings. The second-order valence-corrected chi connectivity index (χ2v) is 8.61. The van der Waals surface area contributed by atoms with Crippen molar-refractivity contribution in [3.8, 4) is 0 Å². The summed E-state index contributed by atoms with van der Waals surface area (Å²) in [5, 5.41) is 5.92. The van der Waals surface area contributed by atoms with Gasteiger partial charge in [0.2, 0.25) is 5.91 Å². The van der Waals surface area contributed by atoms with E-state index in [9.17, 15) is 9.59 Å². The lowest BCUT2D eigenvalue weighted by atomic mass is 10.1. The number of hydrogen-bond donors (Lipinski definition) is 2. The lowest BCUT2D eigenvalue weighted by molar-refractivity contribution is -0.123. The zero-order valence-electron chi connectivity index (χ0n) is 18.1. The number of para-hydroxylation sites is 1. The maximum absolute atomic E-state index is 12.7. The molecule has 0 spiro atoms. The monoisotopic (exact) mass is 440 g/mol. The number of piperazine rings is 1. The number of anilines is 1. The third-order valence-corrected chi connectivity index (χ3v) is 6.13. The van der Waals surface area contributed by atoms with Gasteiger partial charge in [-0.05, 0) is 42.7 Å². The molecule has 31 heavy (non-hydrogen) atoms. The summed E-state index contributed by atoms with van der Waals surface area (Å²) in [5.74, 6) is 0.495. The van der Waals surface area contributed by atoms with Crippen molar-refractivity contribution in [2.75, 3.05) is 56.2 Å². The van der Waals surface area contributed by atoms with Crippen molar-refractivity contribution >= 4 is 29.3 Å². The van der Waals surface area contributed by atoms with Crippen LogP contribution >= 0.6 is 11.8 Å². The number of thioether (sulfide) groups is 1. The molecule has 0 saturated carbocycles. The summed E-state index contributed by atoms with van der Waals surface area (Å²) >= 11 is 1.67. The van der Waals surface area contributed by atoms with Gasteiger partial charge in [0.25, 0.3) is 5.91 Å². The van der Waals surface area contributed by atoms with Crippen molar-refractivity contribution in [2.24, 2.45) is 0 Å². The molecule has 3 rings (SSSR count). The van der Waals surface area contributed by atoms with E-state index in [0.29, 0.717) is 18.5 Å². The minimum absolute atomic E-state index is 0.110. The van der Waals surface area contributed by atoms with Crippen LogP contribution in [0, 0.1) is 0 Å². The van der Waals surface area contributed by atoms with Gasteiger partial charge < -0.3 is 15.5 Å². The van der Waals surface area contributed by atoms with Gasteiger partial charge in [0.05, 0.1) is 0 Å². The minimum Gasteiger partial charge on any atom is -0.369 e. The summed E-state index contributed by atoms with van der Waals surface area (Å²) < 4.78 is 0. The second-order valence-electron chi connectivity index (χ2n) is 7.63. The Balaban J connectivity index is 1.42. The van der Waals surface area contributed by atoms with Crippen LogP contribution in [0.3, 0.4) is 0 Å². The summed E-state index contributed by atoms with van der Waals surface area (Å²) in [5.41, 5.74) is 1.84. The third-order valence-electron chi connectivity index (χ3n) is 5.49. The Labute approximate surface area is 189 Å². The van der Waals surface area contributed by atoms with Crippen molar-refractivity contribution in [3.05, 3.63) is 66.2 Å². The van der Waals surface area contributed by atoms with Crippen molar-refractivity contribution in [1.82, 2.24) is 15.5 Å². The standard InChI is InChI=1S/C24H32N4O2S/c1-31-19-12-22(26-23(29)20-8-4-2-5-9-20)24(30)25-13-14-27-15-17-28(18-16-27)21-10-6-3-7-11-21/h2-11,22H,12-19H2,1H3,(H,25,30)(H,26,29). The Morgan fingerprint density at radius 3 is 2.26 bits per heavy atom. The molecule has 1 fully saturated rings. The van der Waals surface area contributed by atoms with Gasteiger partial charge in [-0.25, -0.2) is 0 Å². The van der Waals surface area contributed by atoms with Crippen molar-refractivity contribution in [2.45, 2.75) is 12.5 Å². The fourth-order valence-corrected chi connectivity index (χ4v) is 4.14. The summed E-state index contributed by atoms with van der Waals surface area (Å²) in [6.45, 7) is 5.33. The van der Waals surface area contributed by atoms with Gasteiger partial charge in [0, 0.05) is 50.5 Å². The molecule has 166 valence electrons. The van der Waals surface area contributed by atoms with Crippen LogP contribution < -0.4 is 15.5 Å². The molecule has 0 radical (unpaired) electrons. The Bertz CT molecular complexity index is 811. The largest absolute Gasteiger partial charge is 0.369 e. The lowest BCUT2D eigenvalue weighted by Crippen LogP contribution is -2.51. The highest BCUT2D eigenvalue weighted by Crippen LogP contribution is 2.15. The van der Waals surface area contributed by atoms with Crippen molar-refractivity contribution < 1.29 is 9.59 Å². The van der Waals surface area contributed by atoms with Crippen LogP contribution in [0.4, 0.5) is 5.69 Å². The van der Waals surface area contributed by atoms with Gasteiger partial charge in [-0.3, -0.25) is 14.5 Å². The molecule has 2 amide bonds. The number of carbonyl (C=O) groups excluding carboxylic acids is 2. The SMILES string of the molecule is CSCCC(NC(=O)c1ccccc1)C(=O)NCCN1CCN(c2ccccc2)CC1. The molecular weight excluding hydrogens is 408 g/mol. The number of nitrogens with one attached hydrogen (secondary N) is 2. The highest BCUT2D eigenvalue weighted by atomic mass is 32.2. The van der Waals surface area contributed by atoms with E-state index >= 15 is 0 Å². The van der Waals surface area contributed by atoms with Crippen LogP contribution in [0.5, 0.6) is 0 Å². The molecule has 2 aromatic carbocycles. The van der Waals surface area contributed by atoms with Crippen LogP contribution in [0.2, 0.25) is 0 Å². The molecule has 0 aromatic heterocycles. The first-order valence-corrected chi connectivity index (χ1v) is 12.2. The van der Waals surface area contributed by atoms with E-state index in [1.54, 1.807) is 23.9 Å². The van der Waals surface area contributed by atoms with E-state index in [0.717, 1.165) is 38.5 Å². The Morgan fingerprint density at radius 1 is 0.968 bits per heavy atom. The first kappa shape index (κ1) is 23.2. The van der Waals surface area contributed by atoms with Crippen molar-refractivity contribution in [3.63, 3.8) is 0 Å². The predicted octanol–water partition coefficient (Wildman–Crippen LogP) is 2.48. The van der Waals surface area contributed by atoms with Gasteiger partial charge in [-0.15, -0.1) is 0 Å². The molecule has 7 heteroatoms. The zero-order valence-corrected chi connectivity index (χ0v) is 18.9. The molecule has 1 atom stereocenters. The van der Waals surface area contributed by atoms with Gasteiger partial charge >= 0.3 is 0 Å². The normalized spacial score (nSPS) is 15.3. The summed E-state index contributed by atoms with van der Waals surface area (Å²) in [6.07, 6.45) is 2.62. The molecule has 0 aliphatic carbocycles. The van der Waals surface area contributed by atoms with Gasteiger partial charge in [0.1, 0.15) is 6.04 Å². The van der Waals surface area contributed by atoms with Gasteiger partial charge in [-0.2, -0.15) is 11.8 Å². The topological polar surface area (TPSA) is 64.7 Å². The summed E-state index contributed by atoms with van der Waals surface area (Å²) in [4.78, 5) is 30.0. The summed E-state index contributed by atoms with van der Waals surface area (Å²) in [6, 6.07) is 19.0. The van der Waals surface area contributed by atoms with E-state index in [4.69, 9.17) is 0 Å². The van der Waals surface area contributed by atoms with Crippen LogP contribution in [0.25, 0.3) is 0 Å². The smallest absolute Gasteiger partial charge is 0.251 e. The molecule has 6 nitrogen and oxygen atoms in total. The Morgan fingerprint density at radius 2 is 1.61 bits per heavy atom. The molecule has 1 aliphatic heterocycles. The number of rotatable bonds is 10. The number of hydrogen-bond acceptors (Lipinski definition) is 5. The van der Waals surface area contributed by atoms with E-state index in [2.05, 4.69) is 44.7 Å². The Hall–Kier alpha value is -2.51. The quantitative estimate of drug-likeness (QED) is 0.594. The third kappa shape index (κ3) is 7.29. The summed E-state index contributed by atoms with van der Waals surface area (Å²) in [7, 11) is 0. The predicted molar refractivity (Wildman–Crippen MR) is 129 cm³/mol. The maximum atomic E-state index is 12.7. The molecule has 1 heterocycles. The first-order chi connectivity index (χ1) is 15.2. The minimum atomic E-state index is -0.518. The van der Waals surface area contributed by atoms with Crippen molar-refractivity contribution in [1.29, 1.82) is 0 Å². The fraction of sp³-hybridized carbons (Fsp3) is 0.417. The highest BCUT2D eigenvalue weighted by molar-refractivity contribution is 7.98. The number of amides is 2. The average molecular weight is 441 g/mol. The fourth-order valence-electron chi connectivity index (χ4n) is 3.66. The van der Waals surface area contributed by atoms with Gasteiger partial charge in [0.15, 0.2) is 0 Å². The molecule has 2 N–H and O–H groups in total. The number of nitrogens with zero attached hydrogens (tertiary/aromatic N) is 2. The Kier molecular flexibility index (Phi) is 9.24. The highest BCUT2D eigenvalue weighted by Gasteiger charge is 2.22. The number of benzene rings is 2. The molecule has 1 saturated heterocycles. The number of carbonyl (C=O) groups is 2.